The Balaban J connectivity index is 1.65. The maximum Gasteiger partial charge on any atom is 0.252 e. The fraction of sp³-hybridized carbons (Fsp3) is 0.500. The van der Waals surface area contributed by atoms with Crippen molar-refractivity contribution in [3.63, 3.8) is 0 Å². The van der Waals surface area contributed by atoms with Crippen molar-refractivity contribution >= 4 is 11.8 Å². The summed E-state index contributed by atoms with van der Waals surface area (Å²) in [7, 11) is 1.58. The summed E-state index contributed by atoms with van der Waals surface area (Å²) in [6.45, 7) is 3.21. The molecule has 1 saturated heterocycles. The summed E-state index contributed by atoms with van der Waals surface area (Å²) in [4.78, 5) is 24.8. The molecule has 22 heavy (non-hydrogen) atoms. The van der Waals surface area contributed by atoms with Crippen molar-refractivity contribution in [3.8, 4) is 5.75 Å². The maximum atomic E-state index is 11.9. The van der Waals surface area contributed by atoms with E-state index in [-0.39, 0.29) is 12.5 Å². The zero-order valence-electron chi connectivity index (χ0n) is 12.9. The van der Waals surface area contributed by atoms with Crippen LogP contribution in [0.1, 0.15) is 12.0 Å². The van der Waals surface area contributed by atoms with Crippen molar-refractivity contribution in [1.82, 2.24) is 10.2 Å². The average molecular weight is 306 g/mol. The van der Waals surface area contributed by atoms with Gasteiger partial charge in [0.25, 0.3) is 5.91 Å². The van der Waals surface area contributed by atoms with E-state index in [1.165, 1.54) is 10.5 Å². The molecule has 2 amide bonds. The van der Waals surface area contributed by atoms with Crippen LogP contribution in [0, 0.1) is 12.8 Å². The van der Waals surface area contributed by atoms with Crippen molar-refractivity contribution in [3.05, 3.63) is 29.8 Å². The Labute approximate surface area is 130 Å². The topological polar surface area (TPSA) is 78.9 Å². The molecule has 1 aromatic carbocycles. The zero-order chi connectivity index (χ0) is 16.1. The molecule has 1 aliphatic rings. The number of rotatable bonds is 6. The van der Waals surface area contributed by atoms with Gasteiger partial charge in [-0.25, -0.2) is 0 Å². The van der Waals surface area contributed by atoms with E-state index in [0.717, 1.165) is 5.75 Å². The molecule has 120 valence electrons. The summed E-state index contributed by atoms with van der Waals surface area (Å²) >= 11 is 0. The first-order valence-electron chi connectivity index (χ1n) is 7.39. The Morgan fingerprint density at radius 2 is 2.09 bits per heavy atom. The largest absolute Gasteiger partial charge is 0.494 e. The van der Waals surface area contributed by atoms with Crippen LogP contribution in [-0.2, 0) is 9.59 Å². The molecule has 0 aromatic heterocycles. The van der Waals surface area contributed by atoms with Gasteiger partial charge in [-0.05, 0) is 25.5 Å². The molecule has 2 N–H and O–H groups in total. The van der Waals surface area contributed by atoms with Gasteiger partial charge in [-0.3, -0.25) is 9.59 Å². The molecule has 0 spiro atoms. The Morgan fingerprint density at radius 1 is 1.41 bits per heavy atom. The fourth-order valence-corrected chi connectivity index (χ4v) is 2.35. The molecule has 0 aliphatic carbocycles. The Hall–Kier alpha value is -2.08. The second kappa shape index (κ2) is 7.26. The Kier molecular flexibility index (Phi) is 5.38. The number of carbonyl (C=O) groups is 2. The predicted molar refractivity (Wildman–Crippen MR) is 81.4 cm³/mol. The van der Waals surface area contributed by atoms with Crippen molar-refractivity contribution < 1.29 is 19.4 Å². The second-order valence-electron chi connectivity index (χ2n) is 5.58. The number of aliphatic hydroxyl groups excluding tert-OH is 1. The number of hydrogen-bond donors (Lipinski definition) is 2. The van der Waals surface area contributed by atoms with Crippen LogP contribution >= 0.6 is 0 Å². The van der Waals surface area contributed by atoms with Gasteiger partial charge in [0.15, 0.2) is 0 Å². The number of likely N-dealkylation sites (N-methyl/N-ethyl adjacent to an activating group) is 1. The minimum Gasteiger partial charge on any atom is -0.494 e. The van der Waals surface area contributed by atoms with Crippen LogP contribution in [0.15, 0.2) is 24.3 Å². The standard InChI is InChI=1S/C16H22N2O4/c1-11-4-6-12(7-5-11)22-9-3-8-17-15(20)13-10-18(2)16(21)14(13)19/h4-7,13-14,19H,3,8-10H2,1-2H3,(H,17,20). The van der Waals surface area contributed by atoms with Crippen molar-refractivity contribution in [2.45, 2.75) is 19.4 Å². The normalized spacial score (nSPS) is 21.0. The van der Waals surface area contributed by atoms with E-state index in [0.29, 0.717) is 19.6 Å². The van der Waals surface area contributed by atoms with Gasteiger partial charge >= 0.3 is 0 Å². The lowest BCUT2D eigenvalue weighted by atomic mass is 10.1. The van der Waals surface area contributed by atoms with E-state index < -0.39 is 17.9 Å². The number of ether oxygens (including phenoxy) is 1. The van der Waals surface area contributed by atoms with Crippen LogP contribution in [0.4, 0.5) is 0 Å². The van der Waals surface area contributed by atoms with Gasteiger partial charge in [-0.2, -0.15) is 0 Å². The van der Waals surface area contributed by atoms with Crippen LogP contribution in [0.25, 0.3) is 0 Å². The minimum atomic E-state index is -1.23. The highest BCUT2D eigenvalue weighted by atomic mass is 16.5. The molecule has 2 atom stereocenters. The number of aliphatic hydroxyl groups is 1. The number of carbonyl (C=O) groups excluding carboxylic acids is 2. The number of likely N-dealkylation sites (tertiary alicyclic amines) is 1. The number of amides is 2. The first-order valence-corrected chi connectivity index (χ1v) is 7.39. The van der Waals surface area contributed by atoms with Crippen LogP contribution in [0.5, 0.6) is 5.75 Å². The molecule has 2 unspecified atom stereocenters. The predicted octanol–water partition coefficient (Wildman–Crippen LogP) is 0.329. The smallest absolute Gasteiger partial charge is 0.252 e. The van der Waals surface area contributed by atoms with E-state index in [1.54, 1.807) is 7.05 Å². The van der Waals surface area contributed by atoms with Crippen LogP contribution in [-0.4, -0.2) is 54.7 Å². The third-order valence-electron chi connectivity index (χ3n) is 3.73. The number of hydrogen-bond acceptors (Lipinski definition) is 4. The summed E-state index contributed by atoms with van der Waals surface area (Å²) in [5.74, 6) is -0.575. The lowest BCUT2D eigenvalue weighted by Gasteiger charge is -2.12. The molecule has 1 heterocycles. The van der Waals surface area contributed by atoms with E-state index >= 15 is 0 Å². The summed E-state index contributed by atoms with van der Waals surface area (Å²) in [5, 5.41) is 12.4. The number of aryl methyl sites for hydroxylation is 1. The molecule has 1 fully saturated rings. The highest BCUT2D eigenvalue weighted by Gasteiger charge is 2.41. The van der Waals surface area contributed by atoms with Crippen LogP contribution in [0.2, 0.25) is 0 Å². The average Bonchev–Trinajstić information content (AvgIpc) is 2.76. The molecule has 6 nitrogen and oxygen atoms in total. The monoisotopic (exact) mass is 306 g/mol. The summed E-state index contributed by atoms with van der Waals surface area (Å²) < 4.78 is 5.56. The molecule has 6 heteroatoms. The Bertz CT molecular complexity index is 529. The molecule has 0 bridgehead atoms. The summed E-state index contributed by atoms with van der Waals surface area (Å²) in [6.07, 6.45) is -0.569. The van der Waals surface area contributed by atoms with Gasteiger partial charge in [-0.1, -0.05) is 17.7 Å². The number of nitrogens with one attached hydrogen (secondary N) is 1. The van der Waals surface area contributed by atoms with Crippen molar-refractivity contribution in [2.24, 2.45) is 5.92 Å². The highest BCUT2D eigenvalue weighted by molar-refractivity contribution is 5.92. The Morgan fingerprint density at radius 3 is 2.68 bits per heavy atom. The third kappa shape index (κ3) is 3.98. The quantitative estimate of drug-likeness (QED) is 0.742. The summed E-state index contributed by atoms with van der Waals surface area (Å²) in [6, 6.07) is 7.77. The van der Waals surface area contributed by atoms with Gasteiger partial charge in [0.2, 0.25) is 5.91 Å². The molecule has 0 radical (unpaired) electrons. The lowest BCUT2D eigenvalue weighted by Crippen LogP contribution is -2.38. The van der Waals surface area contributed by atoms with E-state index in [4.69, 9.17) is 4.74 Å². The fourth-order valence-electron chi connectivity index (χ4n) is 2.35. The van der Waals surface area contributed by atoms with E-state index in [2.05, 4.69) is 5.32 Å². The van der Waals surface area contributed by atoms with Gasteiger partial charge < -0.3 is 20.1 Å². The van der Waals surface area contributed by atoms with Gasteiger partial charge in [0.1, 0.15) is 11.9 Å². The minimum absolute atomic E-state index is 0.256. The van der Waals surface area contributed by atoms with Crippen molar-refractivity contribution in [2.75, 3.05) is 26.7 Å². The van der Waals surface area contributed by atoms with Crippen LogP contribution < -0.4 is 10.1 Å². The SMILES string of the molecule is Cc1ccc(OCCCNC(=O)C2CN(C)C(=O)C2O)cc1. The molecular weight excluding hydrogens is 284 g/mol. The first-order chi connectivity index (χ1) is 10.5. The van der Waals surface area contributed by atoms with E-state index in [9.17, 15) is 14.7 Å². The molecule has 1 aliphatic heterocycles. The second-order valence-corrected chi connectivity index (χ2v) is 5.58. The summed E-state index contributed by atoms with van der Waals surface area (Å²) in [5.41, 5.74) is 1.18. The van der Waals surface area contributed by atoms with Gasteiger partial charge in [0, 0.05) is 20.1 Å². The molecule has 1 aromatic rings. The van der Waals surface area contributed by atoms with Crippen molar-refractivity contribution in [1.29, 1.82) is 0 Å². The number of nitrogens with zero attached hydrogens (tertiary/aromatic N) is 1. The zero-order valence-corrected chi connectivity index (χ0v) is 12.9. The van der Waals surface area contributed by atoms with Gasteiger partial charge in [0.05, 0.1) is 12.5 Å². The third-order valence-corrected chi connectivity index (χ3v) is 3.73. The van der Waals surface area contributed by atoms with Gasteiger partial charge in [-0.15, -0.1) is 0 Å². The maximum absolute atomic E-state index is 11.9. The molecule has 2 rings (SSSR count). The lowest BCUT2D eigenvalue weighted by molar-refractivity contribution is -0.137. The first kappa shape index (κ1) is 16.3. The number of benzene rings is 1. The van der Waals surface area contributed by atoms with E-state index in [1.807, 2.05) is 31.2 Å². The molecule has 0 saturated carbocycles. The highest BCUT2D eigenvalue weighted by Crippen LogP contribution is 2.17. The molecular formula is C16H22N2O4. The van der Waals surface area contributed by atoms with Crippen LogP contribution in [0.3, 0.4) is 0 Å².